The fraction of sp³-hybridized carbons (Fsp3) is 0.423. The maximum Gasteiger partial charge on any atom is 0.248 e. The number of carbonyl (C=O) groups is 1. The Morgan fingerprint density at radius 2 is 1.83 bits per heavy atom. The average Bonchev–Trinajstić information content (AvgIpc) is 3.00. The molecule has 0 fully saturated rings. The highest BCUT2D eigenvalue weighted by Gasteiger charge is 2.26. The van der Waals surface area contributed by atoms with Gasteiger partial charge in [-0.25, -0.2) is 4.39 Å². The molecule has 3 nitrogen and oxygen atoms in total. The average molecular weight is 410 g/mol. The summed E-state index contributed by atoms with van der Waals surface area (Å²) in [7, 11) is 0. The van der Waals surface area contributed by atoms with Gasteiger partial charge in [-0.05, 0) is 51.8 Å². The molecule has 3 unspecified atom stereocenters. The van der Waals surface area contributed by atoms with E-state index in [9.17, 15) is 14.3 Å². The number of rotatable bonds is 5. The summed E-state index contributed by atoms with van der Waals surface area (Å²) >= 11 is 0. The summed E-state index contributed by atoms with van der Waals surface area (Å²) in [6.45, 7) is 9.14. The van der Waals surface area contributed by atoms with Crippen LogP contribution < -0.4 is 5.32 Å². The number of nitrogens with one attached hydrogen (secondary N) is 1. The topological polar surface area (TPSA) is 49.3 Å². The lowest BCUT2D eigenvalue weighted by atomic mass is 9.94. The molecular formula is C26H32FNO2. The van der Waals surface area contributed by atoms with E-state index in [1.807, 2.05) is 38.2 Å². The van der Waals surface area contributed by atoms with E-state index in [1.54, 1.807) is 39.0 Å². The monoisotopic (exact) mass is 409 g/mol. The Labute approximate surface area is 179 Å². The van der Waals surface area contributed by atoms with E-state index in [4.69, 9.17) is 0 Å². The third-order valence-corrected chi connectivity index (χ3v) is 5.57. The minimum Gasteiger partial charge on any atom is -0.388 e. The van der Waals surface area contributed by atoms with Crippen LogP contribution in [0.4, 0.5) is 4.39 Å². The zero-order valence-electron chi connectivity index (χ0n) is 18.5. The molecule has 0 saturated carbocycles. The molecule has 2 aliphatic rings. The van der Waals surface area contributed by atoms with E-state index in [2.05, 4.69) is 17.2 Å². The van der Waals surface area contributed by atoms with Crippen LogP contribution >= 0.6 is 0 Å². The second kappa shape index (κ2) is 10.4. The number of aliphatic hydroxyl groups is 1. The van der Waals surface area contributed by atoms with Crippen molar-refractivity contribution in [1.82, 2.24) is 5.32 Å². The molecule has 0 aromatic heterocycles. The third-order valence-electron chi connectivity index (χ3n) is 5.57. The van der Waals surface area contributed by atoms with Gasteiger partial charge >= 0.3 is 0 Å². The minimum absolute atomic E-state index is 0.0496. The molecule has 0 saturated heterocycles. The summed E-state index contributed by atoms with van der Waals surface area (Å²) in [4.78, 5) is 12.8. The van der Waals surface area contributed by atoms with Gasteiger partial charge in [0.25, 0.3) is 0 Å². The molecule has 30 heavy (non-hydrogen) atoms. The van der Waals surface area contributed by atoms with Crippen LogP contribution in [0.5, 0.6) is 0 Å². The number of halogens is 1. The first kappa shape index (κ1) is 23.6. The first-order valence-corrected chi connectivity index (χ1v) is 10.6. The molecule has 4 heteroatoms. The zero-order chi connectivity index (χ0) is 22.3. The van der Waals surface area contributed by atoms with E-state index in [0.29, 0.717) is 11.1 Å². The van der Waals surface area contributed by atoms with Crippen LogP contribution in [0.3, 0.4) is 0 Å². The number of amides is 1. The van der Waals surface area contributed by atoms with Gasteiger partial charge in [-0.1, -0.05) is 56.1 Å². The van der Waals surface area contributed by atoms with Crippen LogP contribution in [0.15, 0.2) is 71.2 Å². The SMILES string of the molecule is CCC1C=CC(C#CC2=C(F)C=CC=CC2CC)=CC=C1C(=O)NC(C)C(C)(C)O. The van der Waals surface area contributed by atoms with Crippen LogP contribution in [0.1, 0.15) is 47.5 Å². The molecule has 0 heterocycles. The predicted molar refractivity (Wildman–Crippen MR) is 121 cm³/mol. The fourth-order valence-electron chi connectivity index (χ4n) is 3.16. The van der Waals surface area contributed by atoms with Gasteiger partial charge in [0.2, 0.25) is 5.91 Å². The van der Waals surface area contributed by atoms with Crippen molar-refractivity contribution in [1.29, 1.82) is 0 Å². The Morgan fingerprint density at radius 1 is 1.13 bits per heavy atom. The fourth-order valence-corrected chi connectivity index (χ4v) is 3.16. The van der Waals surface area contributed by atoms with Crippen LogP contribution in [0.25, 0.3) is 0 Å². The number of hydrogen-bond acceptors (Lipinski definition) is 2. The van der Waals surface area contributed by atoms with Crippen LogP contribution in [0.2, 0.25) is 0 Å². The first-order valence-electron chi connectivity index (χ1n) is 10.6. The Morgan fingerprint density at radius 3 is 2.47 bits per heavy atom. The highest BCUT2D eigenvalue weighted by molar-refractivity contribution is 5.95. The molecule has 0 bridgehead atoms. The van der Waals surface area contributed by atoms with E-state index < -0.39 is 11.6 Å². The van der Waals surface area contributed by atoms with E-state index in [-0.39, 0.29) is 23.6 Å². The summed E-state index contributed by atoms with van der Waals surface area (Å²) in [5.74, 6) is 5.46. The molecule has 2 rings (SSSR count). The molecule has 1 amide bonds. The van der Waals surface area contributed by atoms with Crippen LogP contribution in [0, 0.1) is 23.7 Å². The molecule has 2 aliphatic carbocycles. The summed E-state index contributed by atoms with van der Waals surface area (Å²) in [5, 5.41) is 13.0. The molecule has 0 aliphatic heterocycles. The highest BCUT2D eigenvalue weighted by atomic mass is 19.1. The number of allylic oxidation sites excluding steroid dienone is 11. The Balaban J connectivity index is 2.30. The lowest BCUT2D eigenvalue weighted by molar-refractivity contribution is -0.120. The lowest BCUT2D eigenvalue weighted by Crippen LogP contribution is -2.48. The quantitative estimate of drug-likeness (QED) is 0.622. The molecule has 0 spiro atoms. The van der Waals surface area contributed by atoms with Crippen molar-refractivity contribution in [3.8, 4) is 11.8 Å². The second-order valence-electron chi connectivity index (χ2n) is 8.24. The summed E-state index contributed by atoms with van der Waals surface area (Å²) in [6.07, 6.45) is 15.9. The molecule has 0 aromatic carbocycles. The van der Waals surface area contributed by atoms with Crippen molar-refractivity contribution in [2.24, 2.45) is 11.8 Å². The smallest absolute Gasteiger partial charge is 0.248 e. The van der Waals surface area contributed by atoms with Crippen molar-refractivity contribution < 1.29 is 14.3 Å². The van der Waals surface area contributed by atoms with Gasteiger partial charge in [0, 0.05) is 28.6 Å². The number of carbonyl (C=O) groups excluding carboxylic acids is 1. The zero-order valence-corrected chi connectivity index (χ0v) is 18.5. The maximum atomic E-state index is 14.4. The van der Waals surface area contributed by atoms with Crippen LogP contribution in [-0.4, -0.2) is 22.7 Å². The van der Waals surface area contributed by atoms with E-state index in [1.165, 1.54) is 6.08 Å². The molecule has 0 radical (unpaired) electrons. The normalized spacial score (nSPS) is 22.4. The predicted octanol–water partition coefficient (Wildman–Crippen LogP) is 5.09. The summed E-state index contributed by atoms with van der Waals surface area (Å²) in [5.41, 5.74) is 0.812. The second-order valence-corrected chi connectivity index (χ2v) is 8.24. The van der Waals surface area contributed by atoms with Crippen molar-refractivity contribution in [2.75, 3.05) is 0 Å². The molecule has 2 N–H and O–H groups in total. The molecule has 3 atom stereocenters. The minimum atomic E-state index is -1.01. The molecule has 0 aromatic rings. The van der Waals surface area contributed by atoms with Gasteiger partial charge < -0.3 is 10.4 Å². The van der Waals surface area contributed by atoms with Crippen molar-refractivity contribution >= 4 is 5.91 Å². The Bertz CT molecular complexity index is 898. The summed E-state index contributed by atoms with van der Waals surface area (Å²) in [6, 6.07) is -0.392. The van der Waals surface area contributed by atoms with Crippen molar-refractivity contribution in [2.45, 2.75) is 59.1 Å². The van der Waals surface area contributed by atoms with Gasteiger partial charge in [-0.15, -0.1) is 0 Å². The van der Waals surface area contributed by atoms with Gasteiger partial charge in [-0.3, -0.25) is 4.79 Å². The van der Waals surface area contributed by atoms with Crippen molar-refractivity contribution in [3.63, 3.8) is 0 Å². The highest BCUT2D eigenvalue weighted by Crippen LogP contribution is 2.25. The lowest BCUT2D eigenvalue weighted by Gasteiger charge is -2.27. The van der Waals surface area contributed by atoms with Gasteiger partial charge in [0.15, 0.2) is 0 Å². The Kier molecular flexibility index (Phi) is 8.20. The van der Waals surface area contributed by atoms with Crippen LogP contribution in [-0.2, 0) is 4.79 Å². The maximum absolute atomic E-state index is 14.4. The van der Waals surface area contributed by atoms with Gasteiger partial charge in [0.1, 0.15) is 5.83 Å². The van der Waals surface area contributed by atoms with Gasteiger partial charge in [0.05, 0.1) is 11.6 Å². The standard InChI is InChI=1S/C26H32FNO2/c1-6-20-10-8-9-11-24(27)22(20)16-13-19-12-15-21(7-2)23(17-14-19)25(29)28-18(3)26(4,5)30/h8-12,14-15,17-18,20-21,30H,6-7H2,1-5H3,(H,28,29). The van der Waals surface area contributed by atoms with Crippen molar-refractivity contribution in [3.05, 3.63) is 71.2 Å². The first-order chi connectivity index (χ1) is 14.2. The third kappa shape index (κ3) is 6.18. The Hall–Kier alpha value is -2.64. The van der Waals surface area contributed by atoms with E-state index >= 15 is 0 Å². The summed E-state index contributed by atoms with van der Waals surface area (Å²) < 4.78 is 14.4. The van der Waals surface area contributed by atoms with Gasteiger partial charge in [-0.2, -0.15) is 0 Å². The largest absolute Gasteiger partial charge is 0.388 e. The van der Waals surface area contributed by atoms with E-state index in [0.717, 1.165) is 18.4 Å². The number of hydrogen-bond donors (Lipinski definition) is 2. The molecular weight excluding hydrogens is 377 g/mol. The molecule has 160 valence electrons.